The van der Waals surface area contributed by atoms with Crippen molar-refractivity contribution in [2.24, 2.45) is 5.92 Å². The number of fused-ring (bicyclic) bond motifs is 1. The molecule has 9 nitrogen and oxygen atoms in total. The van der Waals surface area contributed by atoms with Gasteiger partial charge in [0.05, 0.1) is 15.1 Å². The van der Waals surface area contributed by atoms with Crippen molar-refractivity contribution in [2.75, 3.05) is 50.4 Å². The summed E-state index contributed by atoms with van der Waals surface area (Å²) in [6.07, 6.45) is 2.05. The van der Waals surface area contributed by atoms with Gasteiger partial charge in [-0.2, -0.15) is 4.31 Å². The van der Waals surface area contributed by atoms with Crippen molar-refractivity contribution in [3.05, 3.63) is 35.7 Å². The van der Waals surface area contributed by atoms with E-state index in [4.69, 9.17) is 0 Å². The van der Waals surface area contributed by atoms with Crippen molar-refractivity contribution in [3.63, 3.8) is 0 Å². The van der Waals surface area contributed by atoms with Gasteiger partial charge in [-0.15, -0.1) is 11.3 Å². The molecule has 1 fully saturated rings. The minimum absolute atomic E-state index is 0.0669. The number of amides is 1. The highest BCUT2D eigenvalue weighted by Gasteiger charge is 2.35. The lowest BCUT2D eigenvalue weighted by molar-refractivity contribution is -0.123. The molecule has 1 amide bonds. The first kappa shape index (κ1) is 28.1. The third kappa shape index (κ3) is 6.23. The molecule has 0 radical (unpaired) electrons. The van der Waals surface area contributed by atoms with Gasteiger partial charge in [0.2, 0.25) is 5.91 Å². The Morgan fingerprint density at radius 1 is 1.08 bits per heavy atom. The molecule has 0 unspecified atom stereocenters. The van der Waals surface area contributed by atoms with Crippen molar-refractivity contribution < 1.29 is 21.6 Å². The van der Waals surface area contributed by atoms with Gasteiger partial charge in [-0.1, -0.05) is 31.3 Å². The van der Waals surface area contributed by atoms with Crippen LogP contribution in [0, 0.1) is 5.92 Å². The molecule has 37 heavy (non-hydrogen) atoms. The monoisotopic (exact) mass is 584 g/mol. The summed E-state index contributed by atoms with van der Waals surface area (Å²) in [5.41, 5.74) is 0.643. The van der Waals surface area contributed by atoms with Crippen LogP contribution >= 0.6 is 22.7 Å². The molecular formula is C24H32N4O5S4. The highest BCUT2D eigenvalue weighted by molar-refractivity contribution is 7.91. The van der Waals surface area contributed by atoms with Crippen LogP contribution in [0.2, 0.25) is 0 Å². The van der Waals surface area contributed by atoms with Crippen molar-refractivity contribution in [1.29, 1.82) is 0 Å². The van der Waals surface area contributed by atoms with E-state index in [1.165, 1.54) is 39.3 Å². The van der Waals surface area contributed by atoms with E-state index in [2.05, 4.69) is 23.7 Å². The lowest BCUT2D eigenvalue weighted by Crippen LogP contribution is -2.46. The van der Waals surface area contributed by atoms with E-state index in [9.17, 15) is 21.6 Å². The molecule has 0 bridgehead atoms. The maximum Gasteiger partial charge on any atom is 0.252 e. The van der Waals surface area contributed by atoms with E-state index >= 15 is 0 Å². The smallest absolute Gasteiger partial charge is 0.252 e. The van der Waals surface area contributed by atoms with Crippen molar-refractivity contribution in [2.45, 2.75) is 35.8 Å². The van der Waals surface area contributed by atoms with Gasteiger partial charge in [0, 0.05) is 38.4 Å². The second kappa shape index (κ2) is 11.5. The van der Waals surface area contributed by atoms with Crippen LogP contribution in [0.4, 0.5) is 5.13 Å². The molecule has 202 valence electrons. The standard InChI is InChI=1S/C24H32N4O5S4/c1-4-26(5-2)14-15-28(24-25-20-9-8-19(36(3,30)31)17-21(20)35-24)23(29)18-10-12-27(13-11-18)37(32,33)22-7-6-16-34-22/h6-9,16-18H,4-5,10-15H2,1-3H3. The molecule has 1 aliphatic rings. The van der Waals surface area contributed by atoms with Gasteiger partial charge in [-0.25, -0.2) is 21.8 Å². The van der Waals surface area contributed by atoms with Gasteiger partial charge in [-0.3, -0.25) is 9.69 Å². The van der Waals surface area contributed by atoms with Crippen LogP contribution in [0.1, 0.15) is 26.7 Å². The highest BCUT2D eigenvalue weighted by atomic mass is 32.2. The number of benzene rings is 1. The van der Waals surface area contributed by atoms with E-state index in [0.29, 0.717) is 45.5 Å². The van der Waals surface area contributed by atoms with Gasteiger partial charge >= 0.3 is 0 Å². The Kier molecular flexibility index (Phi) is 8.71. The fraction of sp³-hybridized carbons (Fsp3) is 0.500. The zero-order chi connectivity index (χ0) is 26.8. The van der Waals surface area contributed by atoms with Crippen LogP contribution in [0.25, 0.3) is 10.2 Å². The SMILES string of the molecule is CCN(CC)CCN(C(=O)C1CCN(S(=O)(=O)c2cccs2)CC1)c1nc2ccc(S(C)(=O)=O)cc2s1. The minimum Gasteiger partial charge on any atom is -0.302 e. The first-order valence-electron chi connectivity index (χ1n) is 12.2. The molecule has 3 heterocycles. The first-order valence-corrected chi connectivity index (χ1v) is 17.3. The number of thiazole rings is 1. The molecule has 3 aromatic rings. The number of nitrogens with zero attached hydrogens (tertiary/aromatic N) is 4. The van der Waals surface area contributed by atoms with E-state index in [1.54, 1.807) is 34.5 Å². The van der Waals surface area contributed by atoms with Crippen molar-refractivity contribution in [3.8, 4) is 0 Å². The van der Waals surface area contributed by atoms with E-state index in [1.807, 2.05) is 0 Å². The van der Waals surface area contributed by atoms with Crippen LogP contribution in [-0.4, -0.2) is 82.5 Å². The fourth-order valence-corrected chi connectivity index (χ4v) is 8.79. The summed E-state index contributed by atoms with van der Waals surface area (Å²) in [5.74, 6) is -0.382. The number of carbonyl (C=O) groups excluding carboxylic acids is 1. The van der Waals surface area contributed by atoms with Crippen LogP contribution in [-0.2, 0) is 24.7 Å². The summed E-state index contributed by atoms with van der Waals surface area (Å²) in [4.78, 5) is 22.6. The van der Waals surface area contributed by atoms with E-state index in [-0.39, 0.29) is 29.8 Å². The van der Waals surface area contributed by atoms with Gasteiger partial charge < -0.3 is 4.90 Å². The molecule has 0 N–H and O–H groups in total. The number of carbonyl (C=O) groups is 1. The lowest BCUT2D eigenvalue weighted by atomic mass is 9.96. The second-order valence-electron chi connectivity index (χ2n) is 9.03. The van der Waals surface area contributed by atoms with Crippen molar-refractivity contribution >= 4 is 63.8 Å². The maximum atomic E-state index is 13.8. The largest absolute Gasteiger partial charge is 0.302 e. The Labute approximate surface area is 226 Å². The Bertz CT molecular complexity index is 1440. The summed E-state index contributed by atoms with van der Waals surface area (Å²) in [6.45, 7) is 7.57. The Morgan fingerprint density at radius 2 is 1.78 bits per heavy atom. The zero-order valence-corrected chi connectivity index (χ0v) is 24.4. The molecule has 1 saturated heterocycles. The third-order valence-corrected chi connectivity index (χ3v) is 12.1. The molecule has 0 atom stereocenters. The Balaban J connectivity index is 1.56. The van der Waals surface area contributed by atoms with Gasteiger partial charge in [0.25, 0.3) is 10.0 Å². The molecule has 2 aromatic heterocycles. The van der Waals surface area contributed by atoms with Gasteiger partial charge in [-0.05, 0) is 55.6 Å². The molecule has 0 saturated carbocycles. The number of rotatable bonds is 10. The fourth-order valence-electron chi connectivity index (χ4n) is 4.42. The molecule has 1 aliphatic heterocycles. The molecule has 0 spiro atoms. The Hall–Kier alpha value is -1.90. The second-order valence-corrected chi connectivity index (χ2v) is 15.2. The number of piperidine rings is 1. The predicted octanol–water partition coefficient (Wildman–Crippen LogP) is 3.54. The van der Waals surface area contributed by atoms with Crippen molar-refractivity contribution in [1.82, 2.24) is 14.2 Å². The highest BCUT2D eigenvalue weighted by Crippen LogP contribution is 2.33. The number of likely N-dealkylation sites (N-methyl/N-ethyl adjacent to an activating group) is 1. The number of thiophene rings is 1. The van der Waals surface area contributed by atoms with Gasteiger partial charge in [0.1, 0.15) is 4.21 Å². The number of anilines is 1. The van der Waals surface area contributed by atoms with Crippen LogP contribution in [0.15, 0.2) is 44.8 Å². The maximum absolute atomic E-state index is 13.8. The average Bonchev–Trinajstić information content (AvgIpc) is 3.56. The van der Waals surface area contributed by atoms with E-state index in [0.717, 1.165) is 13.1 Å². The zero-order valence-electron chi connectivity index (χ0n) is 21.2. The summed E-state index contributed by atoms with van der Waals surface area (Å²) >= 11 is 2.50. The normalized spacial score (nSPS) is 16.0. The number of sulfonamides is 1. The summed E-state index contributed by atoms with van der Waals surface area (Å²) in [6, 6.07) is 8.14. The number of aromatic nitrogens is 1. The first-order chi connectivity index (χ1) is 17.5. The number of hydrogen-bond donors (Lipinski definition) is 0. The lowest BCUT2D eigenvalue weighted by Gasteiger charge is -2.33. The topological polar surface area (TPSA) is 108 Å². The number of hydrogen-bond acceptors (Lipinski definition) is 9. The van der Waals surface area contributed by atoms with Crippen LogP contribution in [0.3, 0.4) is 0 Å². The third-order valence-electron chi connectivity index (χ3n) is 6.70. The average molecular weight is 585 g/mol. The quantitative estimate of drug-likeness (QED) is 0.359. The molecule has 4 rings (SSSR count). The Morgan fingerprint density at radius 3 is 2.38 bits per heavy atom. The van der Waals surface area contributed by atoms with Crippen LogP contribution < -0.4 is 4.90 Å². The predicted molar refractivity (Wildman–Crippen MR) is 149 cm³/mol. The molecular weight excluding hydrogens is 553 g/mol. The summed E-state index contributed by atoms with van der Waals surface area (Å²) in [7, 11) is -6.90. The molecule has 13 heteroatoms. The summed E-state index contributed by atoms with van der Waals surface area (Å²) in [5, 5.41) is 2.28. The minimum atomic E-state index is -3.54. The van der Waals surface area contributed by atoms with E-state index < -0.39 is 19.9 Å². The molecule has 1 aromatic carbocycles. The summed E-state index contributed by atoms with van der Waals surface area (Å²) < 4.78 is 52.3. The van der Waals surface area contributed by atoms with Gasteiger partial charge in [0.15, 0.2) is 15.0 Å². The molecule has 0 aliphatic carbocycles. The van der Waals surface area contributed by atoms with Crippen LogP contribution in [0.5, 0.6) is 0 Å². The number of sulfone groups is 1.